The zero-order chi connectivity index (χ0) is 15.3. The van der Waals surface area contributed by atoms with Gasteiger partial charge in [0.2, 0.25) is 5.91 Å². The SMILES string of the molecule is CC(C)CN1CCCCC1C(=O)NCC1(O)CCCCC1. The predicted octanol–water partition coefficient (Wildman–Crippen LogP) is 2.31. The Bertz CT molecular complexity index is 338. The molecule has 2 fully saturated rings. The number of hydrogen-bond acceptors (Lipinski definition) is 3. The molecule has 1 heterocycles. The van der Waals surface area contributed by atoms with Crippen LogP contribution in [0.5, 0.6) is 0 Å². The number of nitrogens with one attached hydrogen (secondary N) is 1. The molecule has 2 N–H and O–H groups in total. The molecule has 1 amide bonds. The van der Waals surface area contributed by atoms with E-state index in [1.165, 1.54) is 12.8 Å². The molecule has 0 aromatic carbocycles. The summed E-state index contributed by atoms with van der Waals surface area (Å²) in [6.07, 6.45) is 8.31. The van der Waals surface area contributed by atoms with Gasteiger partial charge in [-0.1, -0.05) is 39.5 Å². The van der Waals surface area contributed by atoms with E-state index in [-0.39, 0.29) is 11.9 Å². The monoisotopic (exact) mass is 296 g/mol. The lowest BCUT2D eigenvalue weighted by molar-refractivity contribution is -0.129. The van der Waals surface area contributed by atoms with Crippen LogP contribution in [0.3, 0.4) is 0 Å². The molecule has 1 aliphatic carbocycles. The second-order valence-electron chi connectivity index (χ2n) is 7.40. The van der Waals surface area contributed by atoms with Crippen LogP contribution in [0.2, 0.25) is 0 Å². The Hall–Kier alpha value is -0.610. The summed E-state index contributed by atoms with van der Waals surface area (Å²) in [6.45, 7) is 6.85. The number of hydrogen-bond donors (Lipinski definition) is 2. The van der Waals surface area contributed by atoms with Crippen LogP contribution in [-0.2, 0) is 4.79 Å². The number of nitrogens with zero attached hydrogens (tertiary/aromatic N) is 1. The molecule has 0 spiro atoms. The van der Waals surface area contributed by atoms with Gasteiger partial charge in [-0.05, 0) is 38.1 Å². The lowest BCUT2D eigenvalue weighted by Gasteiger charge is -2.37. The fourth-order valence-corrected chi connectivity index (χ4v) is 3.73. The van der Waals surface area contributed by atoms with Gasteiger partial charge in [-0.2, -0.15) is 0 Å². The highest BCUT2D eigenvalue weighted by Gasteiger charge is 2.33. The van der Waals surface area contributed by atoms with Crippen molar-refractivity contribution in [1.29, 1.82) is 0 Å². The number of carbonyl (C=O) groups is 1. The van der Waals surface area contributed by atoms with Crippen LogP contribution >= 0.6 is 0 Å². The second kappa shape index (κ2) is 7.59. The summed E-state index contributed by atoms with van der Waals surface area (Å²) in [4.78, 5) is 14.8. The minimum atomic E-state index is -0.661. The van der Waals surface area contributed by atoms with Crippen LogP contribution in [-0.4, -0.2) is 47.2 Å². The predicted molar refractivity (Wildman–Crippen MR) is 85.1 cm³/mol. The van der Waals surface area contributed by atoms with E-state index in [1.54, 1.807) is 0 Å². The number of carbonyl (C=O) groups excluding carboxylic acids is 1. The third kappa shape index (κ3) is 4.96. The normalized spacial score (nSPS) is 26.8. The topological polar surface area (TPSA) is 52.6 Å². The molecule has 1 saturated heterocycles. The Morgan fingerprint density at radius 3 is 2.62 bits per heavy atom. The first kappa shape index (κ1) is 16.8. The Morgan fingerprint density at radius 1 is 1.24 bits per heavy atom. The zero-order valence-electron chi connectivity index (χ0n) is 13.7. The van der Waals surface area contributed by atoms with E-state index in [4.69, 9.17) is 0 Å². The molecular weight excluding hydrogens is 264 g/mol. The maximum atomic E-state index is 12.5. The van der Waals surface area contributed by atoms with Crippen molar-refractivity contribution in [3.05, 3.63) is 0 Å². The zero-order valence-corrected chi connectivity index (χ0v) is 13.7. The van der Waals surface area contributed by atoms with E-state index >= 15 is 0 Å². The molecule has 0 aromatic heterocycles. The molecule has 21 heavy (non-hydrogen) atoms. The van der Waals surface area contributed by atoms with Gasteiger partial charge >= 0.3 is 0 Å². The Morgan fingerprint density at radius 2 is 1.95 bits per heavy atom. The summed E-state index contributed by atoms with van der Waals surface area (Å²) >= 11 is 0. The summed E-state index contributed by atoms with van der Waals surface area (Å²) in [5.41, 5.74) is -0.661. The molecular formula is C17H32N2O2. The molecule has 4 heteroatoms. The minimum absolute atomic E-state index is 0.00772. The fourth-order valence-electron chi connectivity index (χ4n) is 3.73. The van der Waals surface area contributed by atoms with Gasteiger partial charge in [0.1, 0.15) is 0 Å². The summed E-state index contributed by atoms with van der Waals surface area (Å²) in [7, 11) is 0. The highest BCUT2D eigenvalue weighted by molar-refractivity contribution is 5.81. The van der Waals surface area contributed by atoms with Gasteiger partial charge in [0, 0.05) is 13.1 Å². The van der Waals surface area contributed by atoms with Gasteiger partial charge in [-0.15, -0.1) is 0 Å². The smallest absolute Gasteiger partial charge is 0.237 e. The highest BCUT2D eigenvalue weighted by Crippen LogP contribution is 2.27. The minimum Gasteiger partial charge on any atom is -0.388 e. The number of piperidine rings is 1. The quantitative estimate of drug-likeness (QED) is 0.818. The molecule has 1 aliphatic heterocycles. The van der Waals surface area contributed by atoms with Gasteiger partial charge in [0.15, 0.2) is 0 Å². The fraction of sp³-hybridized carbons (Fsp3) is 0.941. The van der Waals surface area contributed by atoms with Gasteiger partial charge in [-0.25, -0.2) is 0 Å². The molecule has 122 valence electrons. The van der Waals surface area contributed by atoms with Crippen LogP contribution in [0.1, 0.15) is 65.2 Å². The van der Waals surface area contributed by atoms with Crippen molar-refractivity contribution in [3.63, 3.8) is 0 Å². The van der Waals surface area contributed by atoms with Gasteiger partial charge in [0.25, 0.3) is 0 Å². The van der Waals surface area contributed by atoms with Gasteiger partial charge in [-0.3, -0.25) is 9.69 Å². The summed E-state index contributed by atoms with van der Waals surface area (Å²) in [6, 6.07) is 0.00772. The molecule has 2 rings (SSSR count). The number of likely N-dealkylation sites (tertiary alicyclic amines) is 1. The van der Waals surface area contributed by atoms with Gasteiger partial charge in [0.05, 0.1) is 11.6 Å². The average molecular weight is 296 g/mol. The Balaban J connectivity index is 1.85. The highest BCUT2D eigenvalue weighted by atomic mass is 16.3. The molecule has 1 saturated carbocycles. The molecule has 1 atom stereocenters. The van der Waals surface area contributed by atoms with E-state index < -0.39 is 5.60 Å². The lowest BCUT2D eigenvalue weighted by atomic mass is 9.85. The maximum absolute atomic E-state index is 12.5. The molecule has 0 bridgehead atoms. The molecule has 0 aromatic rings. The Kier molecular flexibility index (Phi) is 6.06. The van der Waals surface area contributed by atoms with E-state index in [1.807, 2.05) is 0 Å². The van der Waals surface area contributed by atoms with Crippen LogP contribution in [0, 0.1) is 5.92 Å². The summed E-state index contributed by atoms with van der Waals surface area (Å²) in [5, 5.41) is 13.5. The molecule has 0 radical (unpaired) electrons. The Labute approximate surface area is 129 Å². The van der Waals surface area contributed by atoms with Crippen LogP contribution in [0.15, 0.2) is 0 Å². The van der Waals surface area contributed by atoms with Crippen LogP contribution in [0.25, 0.3) is 0 Å². The largest absolute Gasteiger partial charge is 0.388 e. The van der Waals surface area contributed by atoms with E-state index in [0.717, 1.165) is 51.6 Å². The van der Waals surface area contributed by atoms with Crippen molar-refractivity contribution >= 4 is 5.91 Å². The molecule has 4 nitrogen and oxygen atoms in total. The maximum Gasteiger partial charge on any atom is 0.237 e. The molecule has 1 unspecified atom stereocenters. The average Bonchev–Trinajstić information content (AvgIpc) is 2.46. The van der Waals surface area contributed by atoms with Crippen molar-refractivity contribution in [2.24, 2.45) is 5.92 Å². The third-order valence-electron chi connectivity index (χ3n) is 4.89. The van der Waals surface area contributed by atoms with Crippen molar-refractivity contribution in [2.75, 3.05) is 19.6 Å². The third-order valence-corrected chi connectivity index (χ3v) is 4.89. The lowest BCUT2D eigenvalue weighted by Crippen LogP contribution is -2.53. The standard InChI is InChI=1S/C17H32N2O2/c1-14(2)12-19-11-7-4-8-15(19)16(20)18-13-17(21)9-5-3-6-10-17/h14-15,21H,3-13H2,1-2H3,(H,18,20). The van der Waals surface area contributed by atoms with Crippen molar-refractivity contribution in [2.45, 2.75) is 76.9 Å². The molecule has 2 aliphatic rings. The first-order valence-electron chi connectivity index (χ1n) is 8.74. The first-order valence-corrected chi connectivity index (χ1v) is 8.74. The van der Waals surface area contributed by atoms with Crippen molar-refractivity contribution in [1.82, 2.24) is 10.2 Å². The number of amides is 1. The number of aliphatic hydroxyl groups is 1. The van der Waals surface area contributed by atoms with Gasteiger partial charge < -0.3 is 10.4 Å². The number of rotatable bonds is 5. The van der Waals surface area contributed by atoms with Crippen molar-refractivity contribution < 1.29 is 9.90 Å². The van der Waals surface area contributed by atoms with E-state index in [9.17, 15) is 9.90 Å². The van der Waals surface area contributed by atoms with E-state index in [2.05, 4.69) is 24.1 Å². The van der Waals surface area contributed by atoms with Crippen LogP contribution < -0.4 is 5.32 Å². The van der Waals surface area contributed by atoms with E-state index in [0.29, 0.717) is 12.5 Å². The summed E-state index contributed by atoms with van der Waals surface area (Å²) < 4.78 is 0. The van der Waals surface area contributed by atoms with Crippen molar-refractivity contribution in [3.8, 4) is 0 Å². The summed E-state index contributed by atoms with van der Waals surface area (Å²) in [5.74, 6) is 0.704. The second-order valence-corrected chi connectivity index (χ2v) is 7.40. The van der Waals surface area contributed by atoms with Crippen LogP contribution in [0.4, 0.5) is 0 Å². The first-order chi connectivity index (χ1) is 10.0.